The van der Waals surface area contributed by atoms with Crippen LogP contribution < -0.4 is 0 Å². The fourth-order valence-electron chi connectivity index (χ4n) is 4.62. The predicted molar refractivity (Wildman–Crippen MR) is 98.8 cm³/mol. The van der Waals surface area contributed by atoms with Gasteiger partial charge in [0.05, 0.1) is 12.3 Å². The van der Waals surface area contributed by atoms with Gasteiger partial charge in [0.25, 0.3) is 5.91 Å². The van der Waals surface area contributed by atoms with Gasteiger partial charge in [-0.05, 0) is 42.2 Å². The molecule has 2 aromatic rings. The lowest BCUT2D eigenvalue weighted by atomic mass is 9.89. The molecule has 1 amide bonds. The number of benzene rings is 1. The molecule has 0 bridgehead atoms. The molecule has 6 heteroatoms. The number of methoxy groups -OCH3 is 1. The van der Waals surface area contributed by atoms with E-state index in [9.17, 15) is 9.18 Å². The van der Waals surface area contributed by atoms with E-state index in [2.05, 4.69) is 4.90 Å². The summed E-state index contributed by atoms with van der Waals surface area (Å²) in [6.07, 6.45) is 2.51. The number of carbonyl (C=O) groups excluding carboxylic acids is 1. The van der Waals surface area contributed by atoms with Crippen LogP contribution in [0.5, 0.6) is 0 Å². The molecule has 3 heterocycles. The Balaban J connectivity index is 1.58. The minimum atomic E-state index is -0.267. The summed E-state index contributed by atoms with van der Waals surface area (Å²) in [5.74, 6) is 0.646. The van der Waals surface area contributed by atoms with Crippen molar-refractivity contribution in [3.05, 3.63) is 59.8 Å². The third kappa shape index (κ3) is 3.64. The van der Waals surface area contributed by atoms with Crippen LogP contribution in [-0.2, 0) is 4.74 Å². The Kier molecular flexibility index (Phi) is 5.27. The van der Waals surface area contributed by atoms with Gasteiger partial charge in [0.2, 0.25) is 0 Å². The zero-order chi connectivity index (χ0) is 18.8. The van der Waals surface area contributed by atoms with Crippen LogP contribution in [0.25, 0.3) is 0 Å². The first-order valence-corrected chi connectivity index (χ1v) is 9.48. The van der Waals surface area contributed by atoms with Crippen molar-refractivity contribution in [2.24, 2.45) is 11.8 Å². The minimum absolute atomic E-state index is 0.116. The molecule has 2 saturated heterocycles. The van der Waals surface area contributed by atoms with Gasteiger partial charge in [-0.15, -0.1) is 0 Å². The van der Waals surface area contributed by atoms with Crippen molar-refractivity contribution in [2.75, 3.05) is 39.9 Å². The fraction of sp³-hybridized carbons (Fsp3) is 0.476. The van der Waals surface area contributed by atoms with E-state index in [4.69, 9.17) is 9.15 Å². The maximum atomic E-state index is 13.9. The SMILES string of the molecule is COCCCN1C[C@H]2CN(C(=O)c3ccco3)[C@H](c3cccc(F)c3)[C@H]2C1. The highest BCUT2D eigenvalue weighted by Crippen LogP contribution is 2.45. The summed E-state index contributed by atoms with van der Waals surface area (Å²) < 4.78 is 24.4. The monoisotopic (exact) mass is 372 g/mol. The number of furan rings is 1. The molecule has 0 N–H and O–H groups in total. The molecule has 3 atom stereocenters. The highest BCUT2D eigenvalue weighted by Gasteiger charge is 2.49. The van der Waals surface area contributed by atoms with E-state index in [0.717, 1.165) is 38.2 Å². The zero-order valence-electron chi connectivity index (χ0n) is 15.5. The average Bonchev–Trinajstić information content (AvgIpc) is 3.37. The fourth-order valence-corrected chi connectivity index (χ4v) is 4.62. The number of hydrogen-bond acceptors (Lipinski definition) is 4. The summed E-state index contributed by atoms with van der Waals surface area (Å²) in [5.41, 5.74) is 0.862. The normalized spacial score (nSPS) is 25.1. The lowest BCUT2D eigenvalue weighted by molar-refractivity contribution is 0.0667. The standard InChI is InChI=1S/C21H25FN2O3/c1-26-9-4-8-23-12-16-13-24(21(25)19-7-3-10-27-19)20(18(16)14-23)15-5-2-6-17(22)11-15/h2-3,5-7,10-11,16,18,20H,4,8-9,12-14H2,1H3/t16-,18-,20+/m0/s1. The first-order chi connectivity index (χ1) is 13.2. The van der Waals surface area contributed by atoms with Crippen LogP contribution in [0.2, 0.25) is 0 Å². The number of amides is 1. The summed E-state index contributed by atoms with van der Waals surface area (Å²) in [5, 5.41) is 0. The smallest absolute Gasteiger partial charge is 0.290 e. The van der Waals surface area contributed by atoms with Gasteiger partial charge in [-0.25, -0.2) is 4.39 Å². The van der Waals surface area contributed by atoms with Gasteiger partial charge in [-0.2, -0.15) is 0 Å². The van der Waals surface area contributed by atoms with Crippen molar-refractivity contribution in [1.82, 2.24) is 9.80 Å². The number of nitrogens with zero attached hydrogens (tertiary/aromatic N) is 2. The molecular formula is C21H25FN2O3. The Hall–Kier alpha value is -2.18. The van der Waals surface area contributed by atoms with E-state index < -0.39 is 0 Å². The van der Waals surface area contributed by atoms with Gasteiger partial charge in [0, 0.05) is 45.8 Å². The number of rotatable bonds is 6. The Labute approximate surface area is 158 Å². The van der Waals surface area contributed by atoms with Crippen LogP contribution in [0.15, 0.2) is 47.1 Å². The van der Waals surface area contributed by atoms with Crippen molar-refractivity contribution in [3.8, 4) is 0 Å². The number of likely N-dealkylation sites (tertiary alicyclic amines) is 2. The summed E-state index contributed by atoms with van der Waals surface area (Å²) in [7, 11) is 1.72. The van der Waals surface area contributed by atoms with Crippen molar-refractivity contribution in [2.45, 2.75) is 12.5 Å². The molecule has 0 spiro atoms. The molecule has 0 unspecified atom stereocenters. The summed E-state index contributed by atoms with van der Waals surface area (Å²) in [4.78, 5) is 17.3. The molecule has 2 fully saturated rings. The quantitative estimate of drug-likeness (QED) is 0.731. The van der Waals surface area contributed by atoms with Crippen LogP contribution in [0.3, 0.4) is 0 Å². The molecule has 1 aromatic heterocycles. The third-order valence-electron chi connectivity index (χ3n) is 5.75. The van der Waals surface area contributed by atoms with E-state index >= 15 is 0 Å². The second-order valence-corrected chi connectivity index (χ2v) is 7.46. The first kappa shape index (κ1) is 18.2. The lowest BCUT2D eigenvalue weighted by Crippen LogP contribution is -2.36. The van der Waals surface area contributed by atoms with Gasteiger partial charge < -0.3 is 19.0 Å². The Morgan fingerprint density at radius 2 is 2.15 bits per heavy atom. The molecule has 27 heavy (non-hydrogen) atoms. The zero-order valence-corrected chi connectivity index (χ0v) is 15.5. The largest absolute Gasteiger partial charge is 0.459 e. The number of ether oxygens (including phenoxy) is 1. The topological polar surface area (TPSA) is 45.9 Å². The van der Waals surface area contributed by atoms with Gasteiger partial charge in [-0.3, -0.25) is 4.79 Å². The average molecular weight is 372 g/mol. The molecule has 2 aliphatic rings. The van der Waals surface area contributed by atoms with E-state index in [0.29, 0.717) is 24.1 Å². The number of carbonyl (C=O) groups is 1. The molecule has 0 aliphatic carbocycles. The Morgan fingerprint density at radius 1 is 1.26 bits per heavy atom. The van der Waals surface area contributed by atoms with Crippen LogP contribution in [0.1, 0.15) is 28.6 Å². The van der Waals surface area contributed by atoms with E-state index in [-0.39, 0.29) is 17.8 Å². The van der Waals surface area contributed by atoms with E-state index in [1.807, 2.05) is 11.0 Å². The van der Waals surface area contributed by atoms with Gasteiger partial charge in [-0.1, -0.05) is 12.1 Å². The summed E-state index contributed by atoms with van der Waals surface area (Å²) >= 11 is 0. The van der Waals surface area contributed by atoms with Crippen molar-refractivity contribution in [3.63, 3.8) is 0 Å². The number of fused-ring (bicyclic) bond motifs is 1. The molecule has 0 saturated carbocycles. The first-order valence-electron chi connectivity index (χ1n) is 9.48. The van der Waals surface area contributed by atoms with Crippen molar-refractivity contribution < 1.29 is 18.3 Å². The lowest BCUT2D eigenvalue weighted by Gasteiger charge is -2.29. The second-order valence-electron chi connectivity index (χ2n) is 7.46. The van der Waals surface area contributed by atoms with Crippen LogP contribution in [-0.4, -0.2) is 55.6 Å². The van der Waals surface area contributed by atoms with Gasteiger partial charge in [0.1, 0.15) is 5.82 Å². The Bertz CT molecular complexity index is 779. The maximum absolute atomic E-state index is 13.9. The summed E-state index contributed by atoms with van der Waals surface area (Å²) in [6, 6.07) is 9.93. The molecule has 1 aromatic carbocycles. The molecule has 144 valence electrons. The second kappa shape index (κ2) is 7.82. The summed E-state index contributed by atoms with van der Waals surface area (Å²) in [6.45, 7) is 4.29. The van der Waals surface area contributed by atoms with Gasteiger partial charge in [0.15, 0.2) is 5.76 Å². The number of halogens is 1. The Morgan fingerprint density at radius 3 is 2.89 bits per heavy atom. The third-order valence-corrected chi connectivity index (χ3v) is 5.75. The predicted octanol–water partition coefficient (Wildman–Crippen LogP) is 3.20. The van der Waals surface area contributed by atoms with Gasteiger partial charge >= 0.3 is 0 Å². The molecular weight excluding hydrogens is 347 g/mol. The van der Waals surface area contributed by atoms with E-state index in [1.165, 1.54) is 12.3 Å². The van der Waals surface area contributed by atoms with E-state index in [1.54, 1.807) is 31.4 Å². The van der Waals surface area contributed by atoms with Crippen molar-refractivity contribution in [1.29, 1.82) is 0 Å². The minimum Gasteiger partial charge on any atom is -0.459 e. The van der Waals surface area contributed by atoms with Crippen LogP contribution >= 0.6 is 0 Å². The molecule has 5 nitrogen and oxygen atoms in total. The molecule has 4 rings (SSSR count). The molecule has 2 aliphatic heterocycles. The highest BCUT2D eigenvalue weighted by molar-refractivity contribution is 5.92. The van der Waals surface area contributed by atoms with Crippen molar-refractivity contribution >= 4 is 5.91 Å². The highest BCUT2D eigenvalue weighted by atomic mass is 19.1. The van der Waals surface area contributed by atoms with Crippen LogP contribution in [0.4, 0.5) is 4.39 Å². The number of hydrogen-bond donors (Lipinski definition) is 0. The molecule has 0 radical (unpaired) electrons. The maximum Gasteiger partial charge on any atom is 0.290 e. The van der Waals surface area contributed by atoms with Crippen LogP contribution in [0, 0.1) is 17.7 Å².